The molecule has 0 unspecified atom stereocenters. The average molecular weight is 279 g/mol. The Morgan fingerprint density at radius 2 is 2.26 bits per heavy atom. The molecule has 0 atom stereocenters. The summed E-state index contributed by atoms with van der Waals surface area (Å²) >= 11 is 5.98. The Labute approximate surface area is 116 Å². The van der Waals surface area contributed by atoms with Gasteiger partial charge in [-0.25, -0.2) is 0 Å². The Morgan fingerprint density at radius 1 is 1.53 bits per heavy atom. The van der Waals surface area contributed by atoms with Gasteiger partial charge in [-0.15, -0.1) is 0 Å². The molecule has 6 heteroatoms. The van der Waals surface area contributed by atoms with Crippen molar-refractivity contribution in [2.45, 2.75) is 19.9 Å². The molecule has 19 heavy (non-hydrogen) atoms. The molecule has 0 radical (unpaired) electrons. The monoisotopic (exact) mass is 278 g/mol. The second kappa shape index (κ2) is 5.32. The maximum absolute atomic E-state index is 12.2. The predicted molar refractivity (Wildman–Crippen MR) is 76.4 cm³/mol. The lowest BCUT2D eigenvalue weighted by Crippen LogP contribution is -2.18. The number of anilines is 2. The van der Waals surface area contributed by atoms with Crippen molar-refractivity contribution in [1.29, 1.82) is 0 Å². The third kappa shape index (κ3) is 2.88. The predicted octanol–water partition coefficient (Wildman–Crippen LogP) is 2.95. The lowest BCUT2D eigenvalue weighted by atomic mass is 10.3. The van der Waals surface area contributed by atoms with Crippen LogP contribution in [0.15, 0.2) is 30.7 Å². The van der Waals surface area contributed by atoms with E-state index in [1.54, 1.807) is 24.5 Å². The zero-order valence-electron chi connectivity index (χ0n) is 10.7. The average Bonchev–Trinajstić information content (AvgIpc) is 2.74. The molecule has 2 aromatic rings. The number of nitrogens with one attached hydrogen (secondary N) is 1. The molecule has 100 valence electrons. The van der Waals surface area contributed by atoms with Crippen molar-refractivity contribution in [2.75, 3.05) is 11.1 Å². The van der Waals surface area contributed by atoms with Gasteiger partial charge in [-0.05, 0) is 26.0 Å². The highest BCUT2D eigenvalue weighted by molar-refractivity contribution is 6.33. The highest BCUT2D eigenvalue weighted by Gasteiger charge is 2.15. The van der Waals surface area contributed by atoms with E-state index in [1.807, 2.05) is 18.4 Å². The molecule has 0 aliphatic rings. The fourth-order valence-electron chi connectivity index (χ4n) is 1.77. The van der Waals surface area contributed by atoms with Gasteiger partial charge >= 0.3 is 0 Å². The van der Waals surface area contributed by atoms with Crippen molar-refractivity contribution in [3.8, 4) is 0 Å². The van der Waals surface area contributed by atoms with E-state index in [0.717, 1.165) is 0 Å². The maximum Gasteiger partial charge on any atom is 0.272 e. The summed E-state index contributed by atoms with van der Waals surface area (Å²) in [5.74, 6) is -0.264. The van der Waals surface area contributed by atoms with E-state index in [4.69, 9.17) is 17.3 Å². The number of nitrogens with two attached hydrogens (primary N) is 1. The van der Waals surface area contributed by atoms with Gasteiger partial charge in [0.15, 0.2) is 0 Å². The molecule has 0 saturated heterocycles. The number of hydrogen-bond donors (Lipinski definition) is 2. The smallest absolute Gasteiger partial charge is 0.272 e. The minimum Gasteiger partial charge on any atom is -0.397 e. The number of carbonyl (C=O) groups is 1. The van der Waals surface area contributed by atoms with Crippen molar-refractivity contribution in [1.82, 2.24) is 9.55 Å². The summed E-state index contributed by atoms with van der Waals surface area (Å²) in [5, 5.41) is 3.17. The molecule has 0 spiro atoms. The summed E-state index contributed by atoms with van der Waals surface area (Å²) in [7, 11) is 0. The van der Waals surface area contributed by atoms with Gasteiger partial charge < -0.3 is 15.6 Å². The van der Waals surface area contributed by atoms with E-state index < -0.39 is 0 Å². The number of hydrogen-bond acceptors (Lipinski definition) is 3. The van der Waals surface area contributed by atoms with E-state index in [2.05, 4.69) is 10.3 Å². The minimum atomic E-state index is -0.264. The van der Waals surface area contributed by atoms with E-state index in [-0.39, 0.29) is 11.9 Å². The van der Waals surface area contributed by atoms with E-state index in [1.165, 1.54) is 6.20 Å². The first-order chi connectivity index (χ1) is 8.99. The Morgan fingerprint density at radius 3 is 2.89 bits per heavy atom. The fraction of sp³-hybridized carbons (Fsp3) is 0.231. The van der Waals surface area contributed by atoms with Crippen LogP contribution < -0.4 is 11.1 Å². The summed E-state index contributed by atoms with van der Waals surface area (Å²) in [6.07, 6.45) is 4.81. The topological polar surface area (TPSA) is 72.9 Å². The number of carbonyl (C=O) groups excluding carboxylic acids is 1. The molecular weight excluding hydrogens is 264 g/mol. The number of rotatable bonds is 3. The Balaban J connectivity index is 2.28. The van der Waals surface area contributed by atoms with Gasteiger partial charge in [-0.2, -0.15) is 0 Å². The lowest BCUT2D eigenvalue weighted by molar-refractivity contribution is 0.101. The number of nitrogen functional groups attached to an aromatic ring is 1. The molecule has 0 aromatic carbocycles. The van der Waals surface area contributed by atoms with Crippen molar-refractivity contribution in [3.05, 3.63) is 41.4 Å². The Hall–Kier alpha value is -2.01. The molecule has 3 N–H and O–H groups in total. The van der Waals surface area contributed by atoms with Crippen LogP contribution in [0.2, 0.25) is 5.02 Å². The maximum atomic E-state index is 12.2. The molecule has 0 bridgehead atoms. The molecular formula is C13H15ClN4O. The van der Waals surface area contributed by atoms with Crippen molar-refractivity contribution >= 4 is 28.9 Å². The summed E-state index contributed by atoms with van der Waals surface area (Å²) < 4.78 is 1.81. The van der Waals surface area contributed by atoms with Crippen molar-refractivity contribution in [2.24, 2.45) is 0 Å². The lowest BCUT2D eigenvalue weighted by Gasteiger charge is -2.12. The van der Waals surface area contributed by atoms with Crippen LogP contribution in [0.3, 0.4) is 0 Å². The zero-order chi connectivity index (χ0) is 14.0. The summed E-state index contributed by atoms with van der Waals surface area (Å²) in [4.78, 5) is 16.2. The van der Waals surface area contributed by atoms with E-state index >= 15 is 0 Å². The first kappa shape index (κ1) is 13.4. The van der Waals surface area contributed by atoms with Crippen LogP contribution in [-0.4, -0.2) is 15.5 Å². The summed E-state index contributed by atoms with van der Waals surface area (Å²) in [5.41, 5.74) is 7.26. The minimum absolute atomic E-state index is 0.141. The quantitative estimate of drug-likeness (QED) is 0.906. The van der Waals surface area contributed by atoms with E-state index in [0.29, 0.717) is 22.1 Å². The Bertz CT molecular complexity index is 606. The molecule has 2 heterocycles. The van der Waals surface area contributed by atoms with Gasteiger partial charge in [0.05, 0.1) is 22.6 Å². The van der Waals surface area contributed by atoms with E-state index in [9.17, 15) is 4.79 Å². The van der Waals surface area contributed by atoms with Crippen molar-refractivity contribution in [3.63, 3.8) is 0 Å². The second-order valence-electron chi connectivity index (χ2n) is 4.47. The molecule has 1 amide bonds. The third-order valence-corrected chi connectivity index (χ3v) is 3.00. The molecule has 2 rings (SSSR count). The van der Waals surface area contributed by atoms with Crippen molar-refractivity contribution < 1.29 is 4.79 Å². The molecule has 0 fully saturated rings. The van der Waals surface area contributed by atoms with Crippen LogP contribution in [-0.2, 0) is 0 Å². The molecule has 0 aliphatic carbocycles. The van der Waals surface area contributed by atoms with Gasteiger partial charge in [-0.1, -0.05) is 11.6 Å². The normalized spacial score (nSPS) is 10.7. The highest BCUT2D eigenvalue weighted by atomic mass is 35.5. The fourth-order valence-corrected chi connectivity index (χ4v) is 1.92. The van der Waals surface area contributed by atoms with Crippen LogP contribution in [0.25, 0.3) is 0 Å². The van der Waals surface area contributed by atoms with Crippen LogP contribution in [0.4, 0.5) is 11.4 Å². The zero-order valence-corrected chi connectivity index (χ0v) is 11.5. The number of pyridine rings is 1. The largest absolute Gasteiger partial charge is 0.397 e. The van der Waals surface area contributed by atoms with Crippen LogP contribution in [0.1, 0.15) is 30.4 Å². The number of aromatic nitrogens is 2. The summed E-state index contributed by atoms with van der Waals surface area (Å²) in [6, 6.07) is 3.40. The second-order valence-corrected chi connectivity index (χ2v) is 4.88. The van der Waals surface area contributed by atoms with Gasteiger partial charge in [0.25, 0.3) is 5.91 Å². The van der Waals surface area contributed by atoms with Gasteiger partial charge in [0.1, 0.15) is 5.69 Å². The van der Waals surface area contributed by atoms with Crippen LogP contribution >= 0.6 is 11.6 Å². The van der Waals surface area contributed by atoms with Gasteiger partial charge in [-0.3, -0.25) is 9.78 Å². The molecule has 0 aliphatic heterocycles. The third-order valence-electron chi connectivity index (χ3n) is 2.67. The number of nitrogens with zero attached hydrogens (tertiary/aromatic N) is 2. The highest BCUT2D eigenvalue weighted by Crippen LogP contribution is 2.22. The first-order valence-corrected chi connectivity index (χ1v) is 6.25. The molecule has 2 aromatic heterocycles. The van der Waals surface area contributed by atoms with Crippen LogP contribution in [0, 0.1) is 0 Å². The summed E-state index contributed by atoms with van der Waals surface area (Å²) in [6.45, 7) is 3.96. The number of halogens is 1. The first-order valence-electron chi connectivity index (χ1n) is 5.87. The SMILES string of the molecule is CC(C)n1cc(N)cc1C(=O)Nc1cnccc1Cl. The molecule has 0 saturated carbocycles. The number of amides is 1. The standard InChI is InChI=1S/C13H15ClN4O/c1-8(2)18-7-9(15)5-12(18)13(19)17-11-6-16-4-3-10(11)14/h3-8H,15H2,1-2H3,(H,17,19). The van der Waals surface area contributed by atoms with Gasteiger partial charge in [0, 0.05) is 18.4 Å². The Kier molecular flexibility index (Phi) is 3.76. The van der Waals surface area contributed by atoms with Crippen LogP contribution in [0.5, 0.6) is 0 Å². The van der Waals surface area contributed by atoms with Gasteiger partial charge in [0.2, 0.25) is 0 Å². The molecule has 5 nitrogen and oxygen atoms in total.